The molecule has 1 heterocycles. The number of nitrogens with zero attached hydrogens (tertiary/aromatic N) is 2. The molecule has 0 unspecified atom stereocenters. The molecular formula is C25H32N4O3S. The quantitative estimate of drug-likeness (QED) is 0.526. The summed E-state index contributed by atoms with van der Waals surface area (Å²) in [5, 5.41) is 7.45. The lowest BCUT2D eigenvalue weighted by Crippen LogP contribution is -2.30. The fraction of sp³-hybridized carbons (Fsp3) is 0.360. The Morgan fingerprint density at radius 2 is 1.64 bits per heavy atom. The Morgan fingerprint density at radius 1 is 1.00 bits per heavy atom. The first-order valence-corrected chi connectivity index (χ1v) is 12.4. The minimum Gasteiger partial charge on any atom is -0.352 e. The minimum absolute atomic E-state index is 0.0242. The SMILES string of the molecule is Cc1nn(-c2ccccc2)c(C)c1CNC(=O)CCNS(=O)(=O)c1ccc(C(C)(C)C)cc1. The van der Waals surface area contributed by atoms with Gasteiger partial charge in [0.2, 0.25) is 15.9 Å². The molecule has 3 aromatic rings. The molecule has 0 saturated heterocycles. The molecule has 0 fully saturated rings. The van der Waals surface area contributed by atoms with Crippen molar-refractivity contribution in [3.05, 3.63) is 77.1 Å². The van der Waals surface area contributed by atoms with Gasteiger partial charge in [0.05, 0.1) is 16.3 Å². The molecule has 0 saturated carbocycles. The summed E-state index contributed by atoms with van der Waals surface area (Å²) in [7, 11) is -3.67. The summed E-state index contributed by atoms with van der Waals surface area (Å²) < 4.78 is 29.4. The van der Waals surface area contributed by atoms with Gasteiger partial charge >= 0.3 is 0 Å². The van der Waals surface area contributed by atoms with Crippen molar-refractivity contribution in [3.63, 3.8) is 0 Å². The number of sulfonamides is 1. The van der Waals surface area contributed by atoms with E-state index in [1.807, 2.05) is 61.0 Å². The van der Waals surface area contributed by atoms with E-state index >= 15 is 0 Å². The molecule has 0 spiro atoms. The van der Waals surface area contributed by atoms with E-state index in [9.17, 15) is 13.2 Å². The molecular weight excluding hydrogens is 436 g/mol. The molecule has 0 aliphatic rings. The first-order valence-electron chi connectivity index (χ1n) is 11.0. The second-order valence-electron chi connectivity index (χ2n) is 9.10. The van der Waals surface area contributed by atoms with Gasteiger partial charge in [0.15, 0.2) is 0 Å². The average molecular weight is 469 g/mol. The summed E-state index contributed by atoms with van der Waals surface area (Å²) in [6.07, 6.45) is 0.0459. The van der Waals surface area contributed by atoms with Gasteiger partial charge in [-0.3, -0.25) is 4.79 Å². The van der Waals surface area contributed by atoms with Crippen LogP contribution in [-0.4, -0.2) is 30.7 Å². The first kappa shape index (κ1) is 24.7. The van der Waals surface area contributed by atoms with Crippen molar-refractivity contribution in [1.29, 1.82) is 0 Å². The number of aromatic nitrogens is 2. The highest BCUT2D eigenvalue weighted by atomic mass is 32.2. The van der Waals surface area contributed by atoms with Crippen LogP contribution in [0.4, 0.5) is 0 Å². The van der Waals surface area contributed by atoms with Crippen molar-refractivity contribution >= 4 is 15.9 Å². The van der Waals surface area contributed by atoms with Crippen LogP contribution < -0.4 is 10.0 Å². The molecule has 0 aliphatic heterocycles. The molecule has 2 aromatic carbocycles. The Kier molecular flexibility index (Phi) is 7.39. The number of nitrogens with one attached hydrogen (secondary N) is 2. The zero-order valence-corrected chi connectivity index (χ0v) is 20.7. The maximum Gasteiger partial charge on any atom is 0.240 e. The molecule has 176 valence electrons. The lowest BCUT2D eigenvalue weighted by atomic mass is 9.87. The zero-order valence-electron chi connectivity index (χ0n) is 19.8. The van der Waals surface area contributed by atoms with Crippen molar-refractivity contribution in [2.75, 3.05) is 6.54 Å². The molecule has 0 atom stereocenters. The number of para-hydroxylation sites is 1. The van der Waals surface area contributed by atoms with Crippen molar-refractivity contribution in [1.82, 2.24) is 19.8 Å². The third-order valence-electron chi connectivity index (χ3n) is 5.58. The third-order valence-corrected chi connectivity index (χ3v) is 7.06. The van der Waals surface area contributed by atoms with Crippen LogP contribution in [0.15, 0.2) is 59.5 Å². The van der Waals surface area contributed by atoms with Crippen molar-refractivity contribution < 1.29 is 13.2 Å². The number of hydrogen-bond donors (Lipinski definition) is 2. The van der Waals surface area contributed by atoms with E-state index in [-0.39, 0.29) is 29.2 Å². The van der Waals surface area contributed by atoms with E-state index in [0.717, 1.165) is 28.2 Å². The molecule has 1 aromatic heterocycles. The van der Waals surface area contributed by atoms with Crippen LogP contribution in [0.25, 0.3) is 5.69 Å². The third kappa shape index (κ3) is 6.09. The number of aryl methyl sites for hydroxylation is 1. The van der Waals surface area contributed by atoms with E-state index in [4.69, 9.17) is 0 Å². The van der Waals surface area contributed by atoms with Gasteiger partial charge in [-0.2, -0.15) is 5.10 Å². The molecule has 2 N–H and O–H groups in total. The lowest BCUT2D eigenvalue weighted by Gasteiger charge is -2.19. The van der Waals surface area contributed by atoms with Crippen LogP contribution in [0.1, 0.15) is 49.7 Å². The fourth-order valence-electron chi connectivity index (χ4n) is 3.54. The van der Waals surface area contributed by atoms with Crippen LogP contribution in [0.3, 0.4) is 0 Å². The summed E-state index contributed by atoms with van der Waals surface area (Å²) in [6, 6.07) is 16.6. The van der Waals surface area contributed by atoms with E-state index in [2.05, 4.69) is 35.9 Å². The van der Waals surface area contributed by atoms with Gasteiger partial charge in [-0.05, 0) is 49.1 Å². The van der Waals surface area contributed by atoms with E-state index in [0.29, 0.717) is 6.54 Å². The summed E-state index contributed by atoms with van der Waals surface area (Å²) in [5.41, 5.74) is 4.71. The standard InChI is InChI=1S/C25H32N4O3S/c1-18-23(19(2)29(28-18)21-9-7-6-8-10-21)17-26-24(30)15-16-27-33(31,32)22-13-11-20(12-14-22)25(3,4)5/h6-14,27H,15-17H2,1-5H3,(H,26,30). The Bertz CT molecular complexity index is 1210. The Labute approximate surface area is 196 Å². The minimum atomic E-state index is -3.67. The second kappa shape index (κ2) is 9.89. The highest BCUT2D eigenvalue weighted by molar-refractivity contribution is 7.89. The van der Waals surface area contributed by atoms with Gasteiger partial charge in [-0.1, -0.05) is 51.1 Å². The summed E-state index contributed by atoms with van der Waals surface area (Å²) in [6.45, 7) is 10.5. The molecule has 7 nitrogen and oxygen atoms in total. The van der Waals surface area contributed by atoms with E-state index in [1.54, 1.807) is 12.1 Å². The van der Waals surface area contributed by atoms with Gasteiger partial charge in [-0.25, -0.2) is 17.8 Å². The van der Waals surface area contributed by atoms with Gasteiger partial charge in [-0.15, -0.1) is 0 Å². The normalized spacial score (nSPS) is 12.0. The van der Waals surface area contributed by atoms with Gasteiger partial charge in [0.1, 0.15) is 0 Å². The molecule has 3 rings (SSSR count). The summed E-state index contributed by atoms with van der Waals surface area (Å²) >= 11 is 0. The second-order valence-corrected chi connectivity index (χ2v) is 10.9. The summed E-state index contributed by atoms with van der Waals surface area (Å²) in [4.78, 5) is 12.5. The topological polar surface area (TPSA) is 93.1 Å². The Balaban J connectivity index is 1.53. The number of hydrogen-bond acceptors (Lipinski definition) is 4. The smallest absolute Gasteiger partial charge is 0.240 e. The Hall–Kier alpha value is -2.97. The lowest BCUT2D eigenvalue weighted by molar-refractivity contribution is -0.121. The highest BCUT2D eigenvalue weighted by Crippen LogP contribution is 2.23. The Morgan fingerprint density at radius 3 is 2.24 bits per heavy atom. The van der Waals surface area contributed by atoms with Crippen LogP contribution in [-0.2, 0) is 26.8 Å². The number of amides is 1. The highest BCUT2D eigenvalue weighted by Gasteiger charge is 2.18. The van der Waals surface area contributed by atoms with E-state index in [1.165, 1.54) is 0 Å². The number of benzene rings is 2. The van der Waals surface area contributed by atoms with Gasteiger partial charge < -0.3 is 5.32 Å². The van der Waals surface area contributed by atoms with Crippen LogP contribution >= 0.6 is 0 Å². The van der Waals surface area contributed by atoms with Crippen LogP contribution in [0.5, 0.6) is 0 Å². The number of carbonyl (C=O) groups excluding carboxylic acids is 1. The predicted molar refractivity (Wildman–Crippen MR) is 130 cm³/mol. The molecule has 8 heteroatoms. The van der Waals surface area contributed by atoms with Gasteiger partial charge in [0.25, 0.3) is 0 Å². The molecule has 33 heavy (non-hydrogen) atoms. The zero-order chi connectivity index (χ0) is 24.2. The monoisotopic (exact) mass is 468 g/mol. The van der Waals surface area contributed by atoms with E-state index < -0.39 is 10.0 Å². The molecule has 0 bridgehead atoms. The number of rotatable bonds is 8. The molecule has 0 radical (unpaired) electrons. The van der Waals surface area contributed by atoms with Crippen molar-refractivity contribution in [3.8, 4) is 5.69 Å². The summed E-state index contributed by atoms with van der Waals surface area (Å²) in [5.74, 6) is -0.230. The number of carbonyl (C=O) groups is 1. The predicted octanol–water partition coefficient (Wildman–Crippen LogP) is 3.77. The average Bonchev–Trinajstić information content (AvgIpc) is 3.05. The largest absolute Gasteiger partial charge is 0.352 e. The maximum absolute atomic E-state index is 12.5. The van der Waals surface area contributed by atoms with Crippen LogP contribution in [0.2, 0.25) is 0 Å². The maximum atomic E-state index is 12.5. The van der Waals surface area contributed by atoms with Crippen molar-refractivity contribution in [2.24, 2.45) is 0 Å². The van der Waals surface area contributed by atoms with Gasteiger partial charge in [0, 0.05) is 30.8 Å². The van der Waals surface area contributed by atoms with Crippen molar-refractivity contribution in [2.45, 2.75) is 57.9 Å². The molecule has 0 aliphatic carbocycles. The fourth-order valence-corrected chi connectivity index (χ4v) is 4.57. The van der Waals surface area contributed by atoms with Crippen LogP contribution in [0, 0.1) is 13.8 Å². The molecule has 1 amide bonds. The first-order chi connectivity index (χ1) is 15.5.